The highest BCUT2D eigenvalue weighted by Crippen LogP contribution is 2.23. The van der Waals surface area contributed by atoms with Crippen molar-refractivity contribution < 1.29 is 4.74 Å². The van der Waals surface area contributed by atoms with Gasteiger partial charge in [0, 0.05) is 5.39 Å². The molecule has 1 aromatic heterocycles. The van der Waals surface area contributed by atoms with Gasteiger partial charge < -0.3 is 9.64 Å². The molecule has 4 nitrogen and oxygen atoms in total. The first-order chi connectivity index (χ1) is 10.8. The summed E-state index contributed by atoms with van der Waals surface area (Å²) in [5.74, 6) is 1.19. The first-order valence-electron chi connectivity index (χ1n) is 7.87. The lowest BCUT2D eigenvalue weighted by Gasteiger charge is -2.28. The van der Waals surface area contributed by atoms with Crippen molar-refractivity contribution in [3.8, 4) is 11.9 Å². The molecular weight excluding hydrogens is 274 g/mol. The summed E-state index contributed by atoms with van der Waals surface area (Å²) in [6.45, 7) is 2.97. The largest absolute Gasteiger partial charge is 0.477 e. The molecule has 22 heavy (non-hydrogen) atoms. The van der Waals surface area contributed by atoms with E-state index < -0.39 is 0 Å². The van der Waals surface area contributed by atoms with Crippen LogP contribution in [0.15, 0.2) is 30.3 Å². The van der Waals surface area contributed by atoms with Crippen molar-refractivity contribution in [1.29, 1.82) is 5.26 Å². The smallest absolute Gasteiger partial charge is 0.232 e. The number of pyridine rings is 1. The number of piperidine rings is 1. The van der Waals surface area contributed by atoms with Crippen LogP contribution in [0.25, 0.3) is 10.9 Å². The molecule has 2 heterocycles. The molecule has 0 saturated carbocycles. The predicted molar refractivity (Wildman–Crippen MR) is 86.8 cm³/mol. The summed E-state index contributed by atoms with van der Waals surface area (Å²) < 4.78 is 5.82. The quantitative estimate of drug-likeness (QED) is 0.869. The summed E-state index contributed by atoms with van der Waals surface area (Å²) in [5, 5.41) is 10.3. The minimum absolute atomic E-state index is 0.467. The highest BCUT2D eigenvalue weighted by Gasteiger charge is 2.17. The summed E-state index contributed by atoms with van der Waals surface area (Å²) in [6, 6.07) is 11.8. The molecule has 2 aromatic rings. The van der Waals surface area contributed by atoms with Crippen LogP contribution in [0, 0.1) is 17.2 Å². The van der Waals surface area contributed by atoms with Crippen molar-refractivity contribution in [2.75, 3.05) is 26.7 Å². The van der Waals surface area contributed by atoms with Crippen LogP contribution < -0.4 is 4.74 Å². The van der Waals surface area contributed by atoms with Gasteiger partial charge in [-0.1, -0.05) is 18.2 Å². The van der Waals surface area contributed by atoms with E-state index in [2.05, 4.69) is 23.0 Å². The van der Waals surface area contributed by atoms with E-state index in [0.717, 1.165) is 23.2 Å². The molecule has 1 fully saturated rings. The highest BCUT2D eigenvalue weighted by molar-refractivity contribution is 5.80. The highest BCUT2D eigenvalue weighted by atomic mass is 16.5. The first kappa shape index (κ1) is 14.8. The Balaban J connectivity index is 1.64. The average molecular weight is 295 g/mol. The lowest BCUT2D eigenvalue weighted by Crippen LogP contribution is -2.30. The fourth-order valence-corrected chi connectivity index (χ4v) is 2.96. The number of benzene rings is 1. The summed E-state index contributed by atoms with van der Waals surface area (Å²) in [5.41, 5.74) is 1.39. The van der Waals surface area contributed by atoms with Gasteiger partial charge in [-0.05, 0) is 57.5 Å². The lowest BCUT2D eigenvalue weighted by atomic mass is 9.94. The van der Waals surface area contributed by atoms with E-state index in [0.29, 0.717) is 18.1 Å². The number of nitrogens with zero attached hydrogens (tertiary/aromatic N) is 3. The summed E-state index contributed by atoms with van der Waals surface area (Å²) in [7, 11) is 2.17. The van der Waals surface area contributed by atoms with Gasteiger partial charge in [-0.15, -0.1) is 0 Å². The molecule has 4 heteroatoms. The van der Waals surface area contributed by atoms with E-state index in [-0.39, 0.29) is 0 Å². The molecule has 0 unspecified atom stereocenters. The number of hydrogen-bond acceptors (Lipinski definition) is 4. The normalized spacial score (nSPS) is 16.5. The Morgan fingerprint density at radius 2 is 2.09 bits per heavy atom. The number of aromatic nitrogens is 1. The van der Waals surface area contributed by atoms with Crippen LogP contribution in [0.5, 0.6) is 5.88 Å². The summed E-state index contributed by atoms with van der Waals surface area (Å²) >= 11 is 0. The molecule has 1 aliphatic heterocycles. The van der Waals surface area contributed by atoms with E-state index in [9.17, 15) is 5.26 Å². The van der Waals surface area contributed by atoms with Crippen molar-refractivity contribution in [2.45, 2.75) is 19.3 Å². The Hall–Kier alpha value is -2.12. The van der Waals surface area contributed by atoms with Crippen molar-refractivity contribution in [2.24, 2.45) is 5.92 Å². The number of nitriles is 1. The van der Waals surface area contributed by atoms with Gasteiger partial charge in [-0.25, -0.2) is 4.98 Å². The zero-order valence-electron chi connectivity index (χ0n) is 13.0. The number of ether oxygens (including phenoxy) is 1. The minimum Gasteiger partial charge on any atom is -0.477 e. The molecule has 3 rings (SSSR count). The van der Waals surface area contributed by atoms with Gasteiger partial charge in [-0.2, -0.15) is 5.26 Å². The van der Waals surface area contributed by atoms with Crippen LogP contribution in [0.3, 0.4) is 0 Å². The predicted octanol–water partition coefficient (Wildman–Crippen LogP) is 3.22. The third-order valence-corrected chi connectivity index (χ3v) is 4.41. The van der Waals surface area contributed by atoms with Crippen LogP contribution in [0.2, 0.25) is 0 Å². The molecule has 114 valence electrons. The van der Waals surface area contributed by atoms with Crippen molar-refractivity contribution >= 4 is 10.9 Å². The van der Waals surface area contributed by atoms with Crippen LogP contribution in [0.4, 0.5) is 0 Å². The van der Waals surface area contributed by atoms with Gasteiger partial charge in [0.1, 0.15) is 11.6 Å². The summed E-state index contributed by atoms with van der Waals surface area (Å²) in [6.07, 6.45) is 3.50. The van der Waals surface area contributed by atoms with Gasteiger partial charge in [0.25, 0.3) is 0 Å². The van der Waals surface area contributed by atoms with Crippen LogP contribution in [-0.2, 0) is 0 Å². The molecule has 0 N–H and O–H groups in total. The SMILES string of the molecule is CN1CCC(CCOc2nc3ccccc3cc2C#N)CC1. The molecule has 0 aliphatic carbocycles. The van der Waals surface area contributed by atoms with Crippen molar-refractivity contribution in [1.82, 2.24) is 9.88 Å². The van der Waals surface area contributed by atoms with E-state index in [1.807, 2.05) is 30.3 Å². The van der Waals surface area contributed by atoms with Gasteiger partial charge in [-0.3, -0.25) is 0 Å². The third-order valence-electron chi connectivity index (χ3n) is 4.41. The first-order valence-corrected chi connectivity index (χ1v) is 7.87. The molecule has 0 amide bonds. The zero-order valence-corrected chi connectivity index (χ0v) is 13.0. The molecular formula is C18H21N3O. The topological polar surface area (TPSA) is 49.1 Å². The zero-order chi connectivity index (χ0) is 15.4. The fourth-order valence-electron chi connectivity index (χ4n) is 2.96. The van der Waals surface area contributed by atoms with Gasteiger partial charge >= 0.3 is 0 Å². The second-order valence-electron chi connectivity index (χ2n) is 6.03. The monoisotopic (exact) mass is 295 g/mol. The van der Waals surface area contributed by atoms with E-state index in [1.54, 1.807) is 0 Å². The van der Waals surface area contributed by atoms with Crippen molar-refractivity contribution in [3.63, 3.8) is 0 Å². The van der Waals surface area contributed by atoms with E-state index in [4.69, 9.17) is 4.74 Å². The fraction of sp³-hybridized carbons (Fsp3) is 0.444. The van der Waals surface area contributed by atoms with Gasteiger partial charge in [0.2, 0.25) is 5.88 Å². The second-order valence-corrected chi connectivity index (χ2v) is 6.03. The minimum atomic E-state index is 0.467. The third kappa shape index (κ3) is 3.37. The number of hydrogen-bond donors (Lipinski definition) is 0. The Bertz CT molecular complexity index is 684. The Labute approximate surface area is 131 Å². The maximum atomic E-state index is 9.28. The molecule has 0 bridgehead atoms. The lowest BCUT2D eigenvalue weighted by molar-refractivity contribution is 0.185. The van der Waals surface area contributed by atoms with Crippen LogP contribution >= 0.6 is 0 Å². The average Bonchev–Trinajstić information content (AvgIpc) is 2.56. The van der Waals surface area contributed by atoms with Crippen LogP contribution in [0.1, 0.15) is 24.8 Å². The van der Waals surface area contributed by atoms with E-state index >= 15 is 0 Å². The van der Waals surface area contributed by atoms with E-state index in [1.165, 1.54) is 25.9 Å². The Morgan fingerprint density at radius 1 is 1.32 bits per heavy atom. The Kier molecular flexibility index (Phi) is 4.55. The van der Waals surface area contributed by atoms with Crippen molar-refractivity contribution in [3.05, 3.63) is 35.9 Å². The maximum Gasteiger partial charge on any atom is 0.232 e. The molecule has 0 spiro atoms. The number of fused-ring (bicyclic) bond motifs is 1. The standard InChI is InChI=1S/C18H21N3O/c1-21-9-6-14(7-10-21)8-11-22-18-16(13-19)12-15-4-2-3-5-17(15)20-18/h2-5,12,14H,6-11H2,1H3. The Morgan fingerprint density at radius 3 is 2.86 bits per heavy atom. The summed E-state index contributed by atoms with van der Waals surface area (Å²) in [4.78, 5) is 6.86. The molecule has 1 aromatic carbocycles. The maximum absolute atomic E-state index is 9.28. The van der Waals surface area contributed by atoms with Gasteiger partial charge in [0.05, 0.1) is 12.1 Å². The molecule has 1 saturated heterocycles. The van der Waals surface area contributed by atoms with Crippen LogP contribution in [-0.4, -0.2) is 36.6 Å². The molecule has 0 atom stereocenters. The number of rotatable bonds is 4. The van der Waals surface area contributed by atoms with Gasteiger partial charge in [0.15, 0.2) is 0 Å². The second kappa shape index (κ2) is 6.76. The molecule has 0 radical (unpaired) electrons. The molecule has 1 aliphatic rings. The number of likely N-dealkylation sites (tertiary alicyclic amines) is 1. The number of para-hydroxylation sites is 1.